The molecule has 1 aromatic heterocycles. The maximum absolute atomic E-state index is 6.21. The molecule has 0 spiro atoms. The van der Waals surface area contributed by atoms with Gasteiger partial charge in [0.2, 0.25) is 0 Å². The minimum atomic E-state index is 0.00289. The monoisotopic (exact) mass is 297 g/mol. The summed E-state index contributed by atoms with van der Waals surface area (Å²) in [6, 6.07) is 5.78. The highest BCUT2D eigenvalue weighted by molar-refractivity contribution is 6.38. The topological polar surface area (TPSA) is 14.2 Å². The van der Waals surface area contributed by atoms with Crippen LogP contribution in [0.15, 0.2) is 24.4 Å². The number of rotatable bonds is 2. The fourth-order valence-electron chi connectivity index (χ4n) is 2.80. The van der Waals surface area contributed by atoms with Crippen molar-refractivity contribution < 1.29 is 4.74 Å². The lowest BCUT2D eigenvalue weighted by molar-refractivity contribution is -0.0212. The molecule has 3 rings (SSSR count). The van der Waals surface area contributed by atoms with Crippen molar-refractivity contribution in [3.05, 3.63) is 34.4 Å². The molecule has 0 radical (unpaired) electrons. The first kappa shape index (κ1) is 13.3. The third-order valence-electron chi connectivity index (χ3n) is 3.76. The minimum Gasteiger partial charge on any atom is -0.370 e. The second kappa shape index (κ2) is 4.69. The van der Waals surface area contributed by atoms with Gasteiger partial charge in [-0.2, -0.15) is 0 Å². The van der Waals surface area contributed by atoms with Gasteiger partial charge < -0.3 is 9.30 Å². The van der Waals surface area contributed by atoms with Gasteiger partial charge in [-0.15, -0.1) is 0 Å². The highest BCUT2D eigenvalue weighted by Gasteiger charge is 2.31. The summed E-state index contributed by atoms with van der Waals surface area (Å²) in [6.07, 6.45) is 4.53. The molecule has 0 N–H and O–H groups in total. The zero-order valence-corrected chi connectivity index (χ0v) is 12.6. The first-order chi connectivity index (χ1) is 8.94. The standard InChI is InChI=1S/C15H17Cl2NO/c1-15(2)5-3-11(19-15)9-18-6-4-12-13(17)7-10(16)8-14(12)18/h4,6-8,11H,3,5,9H2,1-2H3. The summed E-state index contributed by atoms with van der Waals surface area (Å²) in [6.45, 7) is 5.15. The summed E-state index contributed by atoms with van der Waals surface area (Å²) in [5.41, 5.74) is 1.08. The van der Waals surface area contributed by atoms with Gasteiger partial charge >= 0.3 is 0 Å². The van der Waals surface area contributed by atoms with Crippen molar-refractivity contribution in [2.24, 2.45) is 0 Å². The van der Waals surface area contributed by atoms with E-state index in [1.807, 2.05) is 12.1 Å². The average molecular weight is 298 g/mol. The van der Waals surface area contributed by atoms with Crippen LogP contribution in [0.25, 0.3) is 10.9 Å². The lowest BCUT2D eigenvalue weighted by atomic mass is 10.1. The van der Waals surface area contributed by atoms with Crippen LogP contribution in [-0.4, -0.2) is 16.3 Å². The molecule has 0 bridgehead atoms. The molecule has 0 saturated carbocycles. The van der Waals surface area contributed by atoms with Crippen LogP contribution in [-0.2, 0) is 11.3 Å². The zero-order chi connectivity index (χ0) is 13.6. The van der Waals surface area contributed by atoms with E-state index in [2.05, 4.69) is 24.6 Å². The molecule has 1 aromatic carbocycles. The van der Waals surface area contributed by atoms with Crippen LogP contribution in [0.5, 0.6) is 0 Å². The second-order valence-electron chi connectivity index (χ2n) is 5.83. The highest BCUT2D eigenvalue weighted by Crippen LogP contribution is 2.32. The molecule has 2 nitrogen and oxygen atoms in total. The molecule has 2 aromatic rings. The van der Waals surface area contributed by atoms with Crippen molar-refractivity contribution in [3.8, 4) is 0 Å². The second-order valence-corrected chi connectivity index (χ2v) is 6.67. The average Bonchev–Trinajstić information content (AvgIpc) is 2.84. The van der Waals surface area contributed by atoms with Crippen molar-refractivity contribution in [1.29, 1.82) is 0 Å². The van der Waals surface area contributed by atoms with E-state index in [0.29, 0.717) is 10.0 Å². The smallest absolute Gasteiger partial charge is 0.0762 e. The van der Waals surface area contributed by atoms with Crippen molar-refractivity contribution >= 4 is 34.1 Å². The van der Waals surface area contributed by atoms with E-state index < -0.39 is 0 Å². The Bertz CT molecular complexity index is 618. The first-order valence-electron chi connectivity index (χ1n) is 6.56. The molecule has 4 heteroatoms. The number of fused-ring (bicyclic) bond motifs is 1. The zero-order valence-electron chi connectivity index (χ0n) is 11.1. The fraction of sp³-hybridized carbons (Fsp3) is 0.467. The van der Waals surface area contributed by atoms with Crippen molar-refractivity contribution in [2.45, 2.75) is 44.9 Å². The summed E-state index contributed by atoms with van der Waals surface area (Å²) >= 11 is 12.3. The summed E-state index contributed by atoms with van der Waals surface area (Å²) in [5, 5.41) is 2.42. The number of benzene rings is 1. The third-order valence-corrected chi connectivity index (χ3v) is 4.29. The molecule has 0 aliphatic carbocycles. The fourth-order valence-corrected chi connectivity index (χ4v) is 3.35. The van der Waals surface area contributed by atoms with Crippen LogP contribution in [0.1, 0.15) is 26.7 Å². The molecular formula is C15H17Cl2NO. The lowest BCUT2D eigenvalue weighted by Gasteiger charge is -2.20. The number of hydrogen-bond donors (Lipinski definition) is 0. The first-order valence-corrected chi connectivity index (χ1v) is 7.32. The van der Waals surface area contributed by atoms with Crippen LogP contribution < -0.4 is 0 Å². The van der Waals surface area contributed by atoms with Crippen LogP contribution in [0.2, 0.25) is 10.0 Å². The van der Waals surface area contributed by atoms with E-state index in [0.717, 1.165) is 30.3 Å². The van der Waals surface area contributed by atoms with E-state index in [1.165, 1.54) is 0 Å². The minimum absolute atomic E-state index is 0.00289. The summed E-state index contributed by atoms with van der Waals surface area (Å²) in [5.74, 6) is 0. The van der Waals surface area contributed by atoms with Crippen molar-refractivity contribution in [1.82, 2.24) is 4.57 Å². The van der Waals surface area contributed by atoms with Crippen LogP contribution >= 0.6 is 23.2 Å². The van der Waals surface area contributed by atoms with Gasteiger partial charge in [0.05, 0.1) is 22.2 Å². The molecule has 19 heavy (non-hydrogen) atoms. The molecule has 102 valence electrons. The summed E-state index contributed by atoms with van der Waals surface area (Å²) in [7, 11) is 0. The molecular weight excluding hydrogens is 281 g/mol. The maximum Gasteiger partial charge on any atom is 0.0762 e. The Morgan fingerprint density at radius 2 is 2.16 bits per heavy atom. The Morgan fingerprint density at radius 1 is 1.37 bits per heavy atom. The predicted molar refractivity (Wildman–Crippen MR) is 80.1 cm³/mol. The molecule has 1 unspecified atom stereocenters. The van der Waals surface area contributed by atoms with Gasteiger partial charge in [0, 0.05) is 23.2 Å². The van der Waals surface area contributed by atoms with Crippen LogP contribution in [0.4, 0.5) is 0 Å². The number of aromatic nitrogens is 1. The highest BCUT2D eigenvalue weighted by atomic mass is 35.5. The van der Waals surface area contributed by atoms with Gasteiger partial charge in [-0.05, 0) is 44.9 Å². The van der Waals surface area contributed by atoms with Gasteiger partial charge in [-0.1, -0.05) is 23.2 Å². The number of hydrogen-bond acceptors (Lipinski definition) is 1. The number of nitrogens with zero attached hydrogens (tertiary/aromatic N) is 1. The summed E-state index contributed by atoms with van der Waals surface area (Å²) < 4.78 is 8.22. The Hall–Kier alpha value is -0.700. The van der Waals surface area contributed by atoms with E-state index >= 15 is 0 Å². The molecule has 0 amide bonds. The number of ether oxygens (including phenoxy) is 1. The Labute approximate surface area is 123 Å². The van der Waals surface area contributed by atoms with Gasteiger partial charge in [0.15, 0.2) is 0 Å². The normalized spacial score (nSPS) is 22.2. The largest absolute Gasteiger partial charge is 0.370 e. The van der Waals surface area contributed by atoms with E-state index in [4.69, 9.17) is 27.9 Å². The van der Waals surface area contributed by atoms with Crippen molar-refractivity contribution in [2.75, 3.05) is 0 Å². The molecule has 2 heterocycles. The van der Waals surface area contributed by atoms with Gasteiger partial charge in [0.1, 0.15) is 0 Å². The number of halogens is 2. The molecule has 1 aliphatic rings. The van der Waals surface area contributed by atoms with Crippen LogP contribution in [0.3, 0.4) is 0 Å². The quantitative estimate of drug-likeness (QED) is 0.768. The van der Waals surface area contributed by atoms with Crippen LogP contribution in [0, 0.1) is 0 Å². The Balaban J connectivity index is 1.90. The maximum atomic E-state index is 6.21. The molecule has 1 saturated heterocycles. The predicted octanol–water partition coefficient (Wildman–Crippen LogP) is 4.91. The molecule has 1 aliphatic heterocycles. The Morgan fingerprint density at radius 3 is 2.84 bits per heavy atom. The van der Waals surface area contributed by atoms with E-state index in [1.54, 1.807) is 6.07 Å². The third kappa shape index (κ3) is 2.62. The van der Waals surface area contributed by atoms with Crippen molar-refractivity contribution in [3.63, 3.8) is 0 Å². The lowest BCUT2D eigenvalue weighted by Crippen LogP contribution is -2.22. The molecule has 1 fully saturated rings. The van der Waals surface area contributed by atoms with Gasteiger partial charge in [-0.25, -0.2) is 0 Å². The molecule has 1 atom stereocenters. The van der Waals surface area contributed by atoms with Gasteiger partial charge in [0.25, 0.3) is 0 Å². The van der Waals surface area contributed by atoms with E-state index in [-0.39, 0.29) is 11.7 Å². The Kier molecular flexibility index (Phi) is 3.28. The van der Waals surface area contributed by atoms with Gasteiger partial charge in [-0.3, -0.25) is 0 Å². The van der Waals surface area contributed by atoms with E-state index in [9.17, 15) is 0 Å². The SMILES string of the molecule is CC1(C)CCC(Cn2ccc3c(Cl)cc(Cl)cc32)O1. The summed E-state index contributed by atoms with van der Waals surface area (Å²) in [4.78, 5) is 0.